The molecule has 1 aromatic heterocycles. The van der Waals surface area contributed by atoms with Gasteiger partial charge < -0.3 is 10.0 Å². The molecule has 0 radical (unpaired) electrons. The van der Waals surface area contributed by atoms with Crippen LogP contribution in [0.5, 0.6) is 0 Å². The van der Waals surface area contributed by atoms with Gasteiger partial charge in [-0.1, -0.05) is 0 Å². The Hall–Kier alpha value is -1.65. The molecule has 1 N–H and O–H groups in total. The molecule has 0 saturated heterocycles. The number of hydrogen-bond donors (Lipinski definition) is 1. The van der Waals surface area contributed by atoms with Crippen LogP contribution in [0.4, 0.5) is 5.95 Å². The first-order valence-corrected chi connectivity index (χ1v) is 3.40. The van der Waals surface area contributed by atoms with E-state index >= 15 is 0 Å². The van der Waals surface area contributed by atoms with Crippen LogP contribution < -0.4 is 4.90 Å². The number of carboxylic acid groups (broad SMARTS) is 1. The van der Waals surface area contributed by atoms with Crippen LogP contribution >= 0.6 is 0 Å². The van der Waals surface area contributed by atoms with Crippen LogP contribution in [-0.2, 0) is 4.79 Å². The molecular formula is C7H9N3O2. The van der Waals surface area contributed by atoms with Crippen molar-refractivity contribution in [2.45, 2.75) is 0 Å². The van der Waals surface area contributed by atoms with Gasteiger partial charge in [0.2, 0.25) is 5.95 Å². The average Bonchev–Trinajstić information content (AvgIpc) is 2.05. The molecular weight excluding hydrogens is 158 g/mol. The fourth-order valence-electron chi connectivity index (χ4n) is 0.762. The van der Waals surface area contributed by atoms with Crippen molar-refractivity contribution in [3.05, 3.63) is 18.5 Å². The second-order valence-electron chi connectivity index (χ2n) is 2.30. The number of anilines is 1. The van der Waals surface area contributed by atoms with Crippen molar-refractivity contribution in [1.29, 1.82) is 0 Å². The molecule has 64 valence electrons. The number of aliphatic carboxylic acids is 1. The molecule has 0 unspecified atom stereocenters. The second kappa shape index (κ2) is 3.66. The minimum atomic E-state index is -0.898. The van der Waals surface area contributed by atoms with Gasteiger partial charge in [-0.2, -0.15) is 0 Å². The lowest BCUT2D eigenvalue weighted by Crippen LogP contribution is -2.26. The zero-order chi connectivity index (χ0) is 8.97. The van der Waals surface area contributed by atoms with E-state index in [0.717, 1.165) is 0 Å². The van der Waals surface area contributed by atoms with E-state index in [1.807, 2.05) is 0 Å². The van der Waals surface area contributed by atoms with Crippen LogP contribution in [0, 0.1) is 0 Å². The Labute approximate surface area is 69.7 Å². The predicted octanol–water partition coefficient (Wildman–Crippen LogP) is -0.00260. The lowest BCUT2D eigenvalue weighted by Gasteiger charge is -2.12. The number of nitrogens with zero attached hydrogens (tertiary/aromatic N) is 3. The molecule has 0 amide bonds. The third kappa shape index (κ3) is 2.19. The van der Waals surface area contributed by atoms with Gasteiger partial charge in [0.25, 0.3) is 0 Å². The third-order valence-electron chi connectivity index (χ3n) is 1.27. The smallest absolute Gasteiger partial charge is 0.323 e. The summed E-state index contributed by atoms with van der Waals surface area (Å²) in [5.74, 6) is -0.482. The van der Waals surface area contributed by atoms with E-state index < -0.39 is 5.97 Å². The van der Waals surface area contributed by atoms with E-state index in [4.69, 9.17) is 5.11 Å². The lowest BCUT2D eigenvalue weighted by molar-refractivity contribution is -0.135. The predicted molar refractivity (Wildman–Crippen MR) is 42.9 cm³/mol. The Morgan fingerprint density at radius 2 is 2.17 bits per heavy atom. The highest BCUT2D eigenvalue weighted by molar-refractivity contribution is 5.72. The maximum atomic E-state index is 10.3. The summed E-state index contributed by atoms with van der Waals surface area (Å²) in [6.07, 6.45) is 3.14. The van der Waals surface area contributed by atoms with Crippen LogP contribution in [-0.4, -0.2) is 34.6 Å². The number of likely N-dealkylation sites (N-methyl/N-ethyl adjacent to an activating group) is 1. The van der Waals surface area contributed by atoms with Gasteiger partial charge in [0.05, 0.1) is 0 Å². The van der Waals surface area contributed by atoms with Crippen molar-refractivity contribution in [3.63, 3.8) is 0 Å². The summed E-state index contributed by atoms with van der Waals surface area (Å²) in [6.45, 7) is -0.0932. The fraction of sp³-hybridized carbons (Fsp3) is 0.286. The normalized spacial score (nSPS) is 9.42. The lowest BCUT2D eigenvalue weighted by atomic mass is 10.6. The molecule has 0 aliphatic carbocycles. The van der Waals surface area contributed by atoms with Gasteiger partial charge in [0, 0.05) is 19.4 Å². The van der Waals surface area contributed by atoms with Crippen LogP contribution in [0.1, 0.15) is 0 Å². The minimum Gasteiger partial charge on any atom is -0.480 e. The molecule has 12 heavy (non-hydrogen) atoms. The van der Waals surface area contributed by atoms with E-state index in [1.165, 1.54) is 4.90 Å². The molecule has 0 aliphatic heterocycles. The Balaban J connectivity index is 2.65. The van der Waals surface area contributed by atoms with Crippen LogP contribution in [0.3, 0.4) is 0 Å². The summed E-state index contributed by atoms with van der Waals surface area (Å²) in [7, 11) is 1.63. The van der Waals surface area contributed by atoms with E-state index in [9.17, 15) is 4.79 Å². The van der Waals surface area contributed by atoms with Crippen molar-refractivity contribution < 1.29 is 9.90 Å². The topological polar surface area (TPSA) is 66.3 Å². The molecule has 1 heterocycles. The summed E-state index contributed by atoms with van der Waals surface area (Å²) in [4.78, 5) is 19.5. The zero-order valence-electron chi connectivity index (χ0n) is 6.64. The van der Waals surface area contributed by atoms with E-state index in [-0.39, 0.29) is 6.54 Å². The first-order chi connectivity index (χ1) is 5.70. The van der Waals surface area contributed by atoms with Gasteiger partial charge >= 0.3 is 5.97 Å². The van der Waals surface area contributed by atoms with Gasteiger partial charge in [-0.05, 0) is 6.07 Å². The Morgan fingerprint density at radius 3 is 2.67 bits per heavy atom. The summed E-state index contributed by atoms with van der Waals surface area (Å²) in [5.41, 5.74) is 0. The number of aromatic nitrogens is 2. The van der Waals surface area contributed by atoms with Gasteiger partial charge in [-0.15, -0.1) is 0 Å². The molecule has 0 atom stereocenters. The number of carboxylic acids is 1. The Morgan fingerprint density at radius 1 is 1.58 bits per heavy atom. The summed E-state index contributed by atoms with van der Waals surface area (Å²) < 4.78 is 0. The van der Waals surface area contributed by atoms with Crippen LogP contribution in [0.15, 0.2) is 18.5 Å². The Bertz CT molecular complexity index is 263. The maximum absolute atomic E-state index is 10.3. The van der Waals surface area contributed by atoms with Crippen molar-refractivity contribution in [3.8, 4) is 0 Å². The number of hydrogen-bond acceptors (Lipinski definition) is 4. The molecule has 5 heteroatoms. The van der Waals surface area contributed by atoms with Crippen molar-refractivity contribution in [2.75, 3.05) is 18.5 Å². The molecule has 5 nitrogen and oxygen atoms in total. The summed E-state index contributed by atoms with van der Waals surface area (Å²) in [6, 6.07) is 1.68. The molecule has 0 bridgehead atoms. The standard InChI is InChI=1S/C7H9N3O2/c1-10(5-6(11)12)7-8-3-2-4-9-7/h2-4H,5H2,1H3,(H,11,12). The molecule has 1 rings (SSSR count). The fourth-order valence-corrected chi connectivity index (χ4v) is 0.762. The highest BCUT2D eigenvalue weighted by Crippen LogP contribution is 1.99. The second-order valence-corrected chi connectivity index (χ2v) is 2.30. The van der Waals surface area contributed by atoms with Gasteiger partial charge in [0.15, 0.2) is 0 Å². The van der Waals surface area contributed by atoms with Gasteiger partial charge in [-0.25, -0.2) is 9.97 Å². The molecule has 1 aromatic rings. The Kier molecular flexibility index (Phi) is 2.57. The number of rotatable bonds is 3. The van der Waals surface area contributed by atoms with Gasteiger partial charge in [0.1, 0.15) is 6.54 Å². The zero-order valence-corrected chi connectivity index (χ0v) is 6.64. The summed E-state index contributed by atoms with van der Waals surface area (Å²) >= 11 is 0. The van der Waals surface area contributed by atoms with Crippen molar-refractivity contribution in [2.24, 2.45) is 0 Å². The van der Waals surface area contributed by atoms with Crippen molar-refractivity contribution >= 4 is 11.9 Å². The molecule has 0 fully saturated rings. The first-order valence-electron chi connectivity index (χ1n) is 3.40. The largest absolute Gasteiger partial charge is 0.480 e. The van der Waals surface area contributed by atoms with Gasteiger partial charge in [-0.3, -0.25) is 4.79 Å². The maximum Gasteiger partial charge on any atom is 0.323 e. The molecule has 0 saturated carbocycles. The SMILES string of the molecule is CN(CC(=O)O)c1ncccn1. The first kappa shape index (κ1) is 8.45. The average molecular weight is 167 g/mol. The summed E-state index contributed by atoms with van der Waals surface area (Å²) in [5, 5.41) is 8.45. The van der Waals surface area contributed by atoms with Crippen molar-refractivity contribution in [1.82, 2.24) is 9.97 Å². The van der Waals surface area contributed by atoms with Crippen LogP contribution in [0.2, 0.25) is 0 Å². The monoisotopic (exact) mass is 167 g/mol. The minimum absolute atomic E-state index is 0.0932. The third-order valence-corrected chi connectivity index (χ3v) is 1.27. The molecule has 0 aliphatic rings. The highest BCUT2D eigenvalue weighted by Gasteiger charge is 2.06. The van der Waals surface area contributed by atoms with E-state index in [1.54, 1.807) is 25.5 Å². The highest BCUT2D eigenvalue weighted by atomic mass is 16.4. The quantitative estimate of drug-likeness (QED) is 0.686. The van der Waals surface area contributed by atoms with Crippen LogP contribution in [0.25, 0.3) is 0 Å². The van der Waals surface area contributed by atoms with E-state index in [0.29, 0.717) is 5.95 Å². The van der Waals surface area contributed by atoms with E-state index in [2.05, 4.69) is 9.97 Å². The number of carbonyl (C=O) groups is 1. The molecule has 0 aromatic carbocycles. The molecule has 0 spiro atoms.